The Balaban J connectivity index is 1.67. The van der Waals surface area contributed by atoms with Gasteiger partial charge in [0.25, 0.3) is 0 Å². The van der Waals surface area contributed by atoms with Crippen LogP contribution in [0.25, 0.3) is 22.3 Å². The SMILES string of the molecule is CCn1c(C)cc(C(=O)COC(=O)c2cccc3c(=O)c(C)c(-c4ccccc4)oc23)c1C. The number of para-hydroxylation sites is 1. The van der Waals surface area contributed by atoms with Gasteiger partial charge in [-0.3, -0.25) is 9.59 Å². The van der Waals surface area contributed by atoms with Crippen LogP contribution in [0.2, 0.25) is 0 Å². The quantitative estimate of drug-likeness (QED) is 0.301. The molecule has 0 aliphatic carbocycles. The van der Waals surface area contributed by atoms with Crippen molar-refractivity contribution in [1.82, 2.24) is 4.57 Å². The summed E-state index contributed by atoms with van der Waals surface area (Å²) in [5.41, 5.74) is 3.59. The molecule has 2 heterocycles. The minimum absolute atomic E-state index is 0.105. The number of aromatic nitrogens is 1. The Hall–Kier alpha value is -3.93. The fourth-order valence-electron chi connectivity index (χ4n) is 4.19. The van der Waals surface area contributed by atoms with Gasteiger partial charge in [0.2, 0.25) is 5.78 Å². The first-order chi connectivity index (χ1) is 15.8. The second-order valence-electron chi connectivity index (χ2n) is 7.96. The van der Waals surface area contributed by atoms with Crippen molar-refractivity contribution in [3.63, 3.8) is 0 Å². The molecule has 0 amide bonds. The average molecular weight is 443 g/mol. The molecular formula is C27H25NO5. The van der Waals surface area contributed by atoms with E-state index < -0.39 is 12.6 Å². The van der Waals surface area contributed by atoms with Gasteiger partial charge in [-0.05, 0) is 45.9 Å². The van der Waals surface area contributed by atoms with Crippen LogP contribution < -0.4 is 5.43 Å². The van der Waals surface area contributed by atoms with Crippen LogP contribution in [0.15, 0.2) is 63.8 Å². The van der Waals surface area contributed by atoms with E-state index in [1.165, 1.54) is 6.07 Å². The molecule has 4 rings (SSSR count). The van der Waals surface area contributed by atoms with Crippen molar-refractivity contribution in [2.75, 3.05) is 6.61 Å². The molecule has 0 bridgehead atoms. The van der Waals surface area contributed by atoms with E-state index >= 15 is 0 Å². The molecule has 6 heteroatoms. The molecule has 168 valence electrons. The van der Waals surface area contributed by atoms with Gasteiger partial charge in [-0.1, -0.05) is 36.4 Å². The monoisotopic (exact) mass is 443 g/mol. The van der Waals surface area contributed by atoms with E-state index in [-0.39, 0.29) is 22.4 Å². The number of hydrogen-bond acceptors (Lipinski definition) is 5. The van der Waals surface area contributed by atoms with E-state index in [1.54, 1.807) is 25.1 Å². The lowest BCUT2D eigenvalue weighted by Gasteiger charge is -2.10. The van der Waals surface area contributed by atoms with Crippen molar-refractivity contribution in [3.8, 4) is 11.3 Å². The lowest BCUT2D eigenvalue weighted by Crippen LogP contribution is -2.16. The predicted octanol–water partition coefficient (Wildman–Crippen LogP) is 5.25. The Kier molecular flexibility index (Phi) is 6.01. The van der Waals surface area contributed by atoms with Crippen LogP contribution in [0.5, 0.6) is 0 Å². The summed E-state index contributed by atoms with van der Waals surface area (Å²) < 4.78 is 13.4. The highest BCUT2D eigenvalue weighted by atomic mass is 16.5. The van der Waals surface area contributed by atoms with Crippen LogP contribution in [-0.2, 0) is 11.3 Å². The van der Waals surface area contributed by atoms with Crippen LogP contribution in [0.4, 0.5) is 0 Å². The lowest BCUT2D eigenvalue weighted by atomic mass is 10.0. The highest BCUT2D eigenvalue weighted by Crippen LogP contribution is 2.27. The topological polar surface area (TPSA) is 78.5 Å². The van der Waals surface area contributed by atoms with E-state index in [4.69, 9.17) is 9.15 Å². The summed E-state index contributed by atoms with van der Waals surface area (Å²) in [5.74, 6) is -0.598. The average Bonchev–Trinajstić information content (AvgIpc) is 3.12. The summed E-state index contributed by atoms with van der Waals surface area (Å²) in [5, 5.41) is 0.291. The minimum atomic E-state index is -0.718. The van der Waals surface area contributed by atoms with Crippen molar-refractivity contribution >= 4 is 22.7 Å². The molecule has 0 saturated heterocycles. The van der Waals surface area contributed by atoms with Crippen molar-refractivity contribution in [3.05, 3.63) is 92.9 Å². The molecule has 0 radical (unpaired) electrons. The zero-order chi connectivity index (χ0) is 23.7. The Morgan fingerprint density at radius 2 is 1.70 bits per heavy atom. The van der Waals surface area contributed by atoms with Gasteiger partial charge in [-0.25, -0.2) is 4.79 Å². The van der Waals surface area contributed by atoms with Crippen molar-refractivity contribution in [2.24, 2.45) is 0 Å². The molecule has 4 aromatic rings. The maximum absolute atomic E-state index is 13.0. The fraction of sp³-hybridized carbons (Fsp3) is 0.222. The number of ketones is 1. The van der Waals surface area contributed by atoms with E-state index in [2.05, 4.69) is 0 Å². The second-order valence-corrected chi connectivity index (χ2v) is 7.96. The van der Waals surface area contributed by atoms with Crippen LogP contribution in [0.3, 0.4) is 0 Å². The van der Waals surface area contributed by atoms with Gasteiger partial charge in [0.05, 0.1) is 5.39 Å². The predicted molar refractivity (Wildman–Crippen MR) is 127 cm³/mol. The molecule has 0 saturated carbocycles. The first-order valence-corrected chi connectivity index (χ1v) is 10.8. The molecular weight excluding hydrogens is 418 g/mol. The first-order valence-electron chi connectivity index (χ1n) is 10.8. The summed E-state index contributed by atoms with van der Waals surface area (Å²) in [7, 11) is 0. The number of rotatable bonds is 6. The largest absolute Gasteiger partial charge is 0.455 e. The van der Waals surface area contributed by atoms with Crippen molar-refractivity contribution < 1.29 is 18.7 Å². The number of aryl methyl sites for hydroxylation is 1. The van der Waals surface area contributed by atoms with Gasteiger partial charge in [0.1, 0.15) is 11.3 Å². The van der Waals surface area contributed by atoms with E-state index in [9.17, 15) is 14.4 Å². The van der Waals surface area contributed by atoms with Crippen molar-refractivity contribution in [1.29, 1.82) is 0 Å². The third-order valence-electron chi connectivity index (χ3n) is 5.93. The summed E-state index contributed by atoms with van der Waals surface area (Å²) >= 11 is 0. The lowest BCUT2D eigenvalue weighted by molar-refractivity contribution is 0.0475. The normalized spacial score (nSPS) is 11.0. The Morgan fingerprint density at radius 3 is 2.36 bits per heavy atom. The van der Waals surface area contributed by atoms with Crippen LogP contribution >= 0.6 is 0 Å². The van der Waals surface area contributed by atoms with Gasteiger partial charge in [0.15, 0.2) is 17.6 Å². The Bertz CT molecular complexity index is 1430. The molecule has 0 atom stereocenters. The number of esters is 1. The molecule has 0 fully saturated rings. The highest BCUT2D eigenvalue weighted by molar-refractivity contribution is 6.04. The number of fused-ring (bicyclic) bond motifs is 1. The molecule has 6 nitrogen and oxygen atoms in total. The summed E-state index contributed by atoms with van der Waals surface area (Å²) in [6, 6.07) is 15.8. The van der Waals surface area contributed by atoms with Gasteiger partial charge in [-0.2, -0.15) is 0 Å². The molecule has 0 spiro atoms. The number of nitrogens with zero attached hydrogens (tertiary/aromatic N) is 1. The number of carbonyl (C=O) groups excluding carboxylic acids is 2. The fourth-order valence-corrected chi connectivity index (χ4v) is 4.19. The number of Topliss-reactive ketones (excluding diaryl/α,β-unsaturated/α-hetero) is 1. The number of hydrogen-bond donors (Lipinski definition) is 0. The molecule has 0 aliphatic rings. The molecule has 0 aliphatic heterocycles. The summed E-state index contributed by atoms with van der Waals surface area (Å²) in [6.45, 7) is 7.87. The van der Waals surface area contributed by atoms with Crippen LogP contribution in [0.1, 0.15) is 44.6 Å². The van der Waals surface area contributed by atoms with Gasteiger partial charge < -0.3 is 13.7 Å². The molecule has 2 aromatic carbocycles. The van der Waals surface area contributed by atoms with Crippen LogP contribution in [0, 0.1) is 20.8 Å². The standard InChI is InChI=1S/C27H25NO5/c1-5-28-16(2)14-22(18(28)4)23(29)15-32-27(31)21-13-9-12-20-24(30)17(3)25(33-26(20)21)19-10-7-6-8-11-19/h6-14H,5,15H2,1-4H3. The molecule has 0 unspecified atom stereocenters. The van der Waals surface area contributed by atoms with E-state index in [0.717, 1.165) is 23.5 Å². The van der Waals surface area contributed by atoms with Crippen LogP contribution in [-0.4, -0.2) is 22.9 Å². The zero-order valence-electron chi connectivity index (χ0n) is 19.1. The molecule has 33 heavy (non-hydrogen) atoms. The maximum atomic E-state index is 13.0. The smallest absolute Gasteiger partial charge is 0.342 e. The number of ether oxygens (including phenoxy) is 1. The third kappa shape index (κ3) is 4.00. The van der Waals surface area contributed by atoms with Gasteiger partial charge in [0, 0.05) is 34.6 Å². The summed E-state index contributed by atoms with van der Waals surface area (Å²) in [6.07, 6.45) is 0. The first kappa shape index (κ1) is 22.3. The zero-order valence-corrected chi connectivity index (χ0v) is 19.1. The highest BCUT2D eigenvalue weighted by Gasteiger charge is 2.21. The Labute approximate surface area is 191 Å². The van der Waals surface area contributed by atoms with Gasteiger partial charge >= 0.3 is 5.97 Å². The van der Waals surface area contributed by atoms with Gasteiger partial charge in [-0.15, -0.1) is 0 Å². The van der Waals surface area contributed by atoms with E-state index in [1.807, 2.05) is 55.7 Å². The number of carbonyl (C=O) groups is 2. The minimum Gasteiger partial charge on any atom is -0.455 e. The van der Waals surface area contributed by atoms with E-state index in [0.29, 0.717) is 22.3 Å². The Morgan fingerprint density at radius 1 is 0.970 bits per heavy atom. The van der Waals surface area contributed by atoms with Crippen molar-refractivity contribution in [2.45, 2.75) is 34.2 Å². The number of benzene rings is 2. The summed E-state index contributed by atoms with van der Waals surface area (Å²) in [4.78, 5) is 38.6. The molecule has 0 N–H and O–H groups in total. The maximum Gasteiger partial charge on any atom is 0.342 e. The third-order valence-corrected chi connectivity index (χ3v) is 5.93. The second kappa shape index (κ2) is 8.90. The molecule has 2 aromatic heterocycles.